The lowest BCUT2D eigenvalue weighted by atomic mass is 10.1. The molecular formula is C13H18ClN3O2. The lowest BCUT2D eigenvalue weighted by molar-refractivity contribution is 0.0421. The largest absolute Gasteiger partial charge is 0.373 e. The maximum absolute atomic E-state index is 11.5. The molecule has 1 aliphatic rings. The number of nitrogens with zero attached hydrogens (tertiary/aromatic N) is 1. The first kappa shape index (κ1) is 14.1. The molecule has 1 unspecified atom stereocenters. The van der Waals surface area contributed by atoms with Crippen molar-refractivity contribution in [1.29, 1.82) is 0 Å². The number of nitrogens with two attached hydrogens (primary N) is 1. The van der Waals surface area contributed by atoms with Crippen LogP contribution in [-0.2, 0) is 4.74 Å². The summed E-state index contributed by atoms with van der Waals surface area (Å²) in [6.07, 6.45) is 0.0958. The Morgan fingerprint density at radius 3 is 3.11 bits per heavy atom. The summed E-state index contributed by atoms with van der Waals surface area (Å²) < 4.78 is 5.65. The minimum absolute atomic E-state index is 0.0958. The quantitative estimate of drug-likeness (QED) is 0.860. The summed E-state index contributed by atoms with van der Waals surface area (Å²) in [7, 11) is 1.89. The van der Waals surface area contributed by atoms with Crippen LogP contribution < -0.4 is 16.0 Å². The lowest BCUT2D eigenvalue weighted by Gasteiger charge is -2.35. The van der Waals surface area contributed by atoms with Crippen molar-refractivity contribution in [3.63, 3.8) is 0 Å². The Balaban J connectivity index is 2.24. The maximum atomic E-state index is 11.5. The Labute approximate surface area is 117 Å². The number of halogens is 1. The van der Waals surface area contributed by atoms with Crippen molar-refractivity contribution in [1.82, 2.24) is 5.32 Å². The number of morpholine rings is 1. The van der Waals surface area contributed by atoms with Gasteiger partial charge in [-0.15, -0.1) is 0 Å². The SMILES string of the molecule is CNCC1CN(c2cc(Cl)ccc2C(N)=O)CCO1. The van der Waals surface area contributed by atoms with E-state index in [1.807, 2.05) is 7.05 Å². The van der Waals surface area contributed by atoms with Gasteiger partial charge in [-0.1, -0.05) is 11.6 Å². The number of hydrogen-bond donors (Lipinski definition) is 2. The number of carbonyl (C=O) groups excluding carboxylic acids is 1. The van der Waals surface area contributed by atoms with Gasteiger partial charge in [0.1, 0.15) is 0 Å². The van der Waals surface area contributed by atoms with Gasteiger partial charge in [0.2, 0.25) is 0 Å². The third-order valence-corrected chi connectivity index (χ3v) is 3.37. The minimum atomic E-state index is -0.441. The highest BCUT2D eigenvalue weighted by Gasteiger charge is 2.23. The first-order chi connectivity index (χ1) is 9.11. The molecule has 2 rings (SSSR count). The number of likely N-dealkylation sites (N-methyl/N-ethyl adjacent to an activating group) is 1. The van der Waals surface area contributed by atoms with Crippen molar-refractivity contribution < 1.29 is 9.53 Å². The fourth-order valence-electron chi connectivity index (χ4n) is 2.26. The first-order valence-corrected chi connectivity index (χ1v) is 6.60. The zero-order chi connectivity index (χ0) is 13.8. The molecule has 0 spiro atoms. The highest BCUT2D eigenvalue weighted by Crippen LogP contribution is 2.26. The number of benzene rings is 1. The number of amides is 1. The highest BCUT2D eigenvalue weighted by molar-refractivity contribution is 6.31. The van der Waals surface area contributed by atoms with E-state index in [4.69, 9.17) is 22.1 Å². The molecule has 104 valence electrons. The van der Waals surface area contributed by atoms with E-state index in [-0.39, 0.29) is 6.10 Å². The summed E-state index contributed by atoms with van der Waals surface area (Å²) in [5, 5.41) is 3.68. The van der Waals surface area contributed by atoms with Crippen LogP contribution in [0.15, 0.2) is 18.2 Å². The second-order valence-corrected chi connectivity index (χ2v) is 4.96. The Morgan fingerprint density at radius 1 is 1.63 bits per heavy atom. The van der Waals surface area contributed by atoms with E-state index in [0.29, 0.717) is 23.7 Å². The van der Waals surface area contributed by atoms with E-state index in [0.717, 1.165) is 18.8 Å². The van der Waals surface area contributed by atoms with Gasteiger partial charge >= 0.3 is 0 Å². The van der Waals surface area contributed by atoms with E-state index in [1.165, 1.54) is 0 Å². The summed E-state index contributed by atoms with van der Waals surface area (Å²) >= 11 is 6.02. The van der Waals surface area contributed by atoms with Crippen LogP contribution in [0.3, 0.4) is 0 Å². The average Bonchev–Trinajstić information content (AvgIpc) is 2.39. The number of rotatable bonds is 4. The molecule has 1 amide bonds. The summed E-state index contributed by atoms with van der Waals surface area (Å²) in [5.41, 5.74) is 6.69. The van der Waals surface area contributed by atoms with Crippen LogP contribution in [0, 0.1) is 0 Å². The van der Waals surface area contributed by atoms with Gasteiger partial charge < -0.3 is 20.7 Å². The number of carbonyl (C=O) groups is 1. The normalized spacial score (nSPS) is 19.5. The predicted octanol–water partition coefficient (Wildman–Crippen LogP) is 0.863. The van der Waals surface area contributed by atoms with E-state index < -0.39 is 5.91 Å². The molecule has 0 aromatic heterocycles. The van der Waals surface area contributed by atoms with Gasteiger partial charge in [0.05, 0.1) is 24.0 Å². The molecule has 1 saturated heterocycles. The topological polar surface area (TPSA) is 67.6 Å². The minimum Gasteiger partial charge on any atom is -0.373 e. The van der Waals surface area contributed by atoms with Crippen LogP contribution in [0.1, 0.15) is 10.4 Å². The maximum Gasteiger partial charge on any atom is 0.250 e. The molecule has 0 bridgehead atoms. The summed E-state index contributed by atoms with van der Waals surface area (Å²) in [5.74, 6) is -0.441. The monoisotopic (exact) mass is 283 g/mol. The van der Waals surface area contributed by atoms with Gasteiger partial charge in [-0.05, 0) is 25.2 Å². The van der Waals surface area contributed by atoms with Gasteiger partial charge in [-0.3, -0.25) is 4.79 Å². The standard InChI is InChI=1S/C13H18ClN3O2/c1-16-7-10-8-17(4-5-19-10)12-6-9(14)2-3-11(12)13(15)18/h2-3,6,10,16H,4-5,7-8H2,1H3,(H2,15,18). The van der Waals surface area contributed by atoms with Crippen LogP contribution in [0.2, 0.25) is 5.02 Å². The van der Waals surface area contributed by atoms with E-state index in [2.05, 4.69) is 10.2 Å². The molecule has 1 atom stereocenters. The van der Waals surface area contributed by atoms with Gasteiger partial charge in [0.25, 0.3) is 5.91 Å². The van der Waals surface area contributed by atoms with Crippen LogP contribution in [0.4, 0.5) is 5.69 Å². The molecule has 0 aliphatic carbocycles. The van der Waals surface area contributed by atoms with Gasteiger partial charge in [-0.2, -0.15) is 0 Å². The molecule has 5 nitrogen and oxygen atoms in total. The second kappa shape index (κ2) is 6.23. The van der Waals surface area contributed by atoms with Crippen molar-refractivity contribution in [2.45, 2.75) is 6.10 Å². The molecule has 6 heteroatoms. The first-order valence-electron chi connectivity index (χ1n) is 6.22. The number of hydrogen-bond acceptors (Lipinski definition) is 4. The molecule has 1 heterocycles. The van der Waals surface area contributed by atoms with Crippen molar-refractivity contribution in [3.05, 3.63) is 28.8 Å². The van der Waals surface area contributed by atoms with Gasteiger partial charge in [0, 0.05) is 24.7 Å². The van der Waals surface area contributed by atoms with E-state index in [9.17, 15) is 4.79 Å². The van der Waals surface area contributed by atoms with Crippen molar-refractivity contribution in [3.8, 4) is 0 Å². The lowest BCUT2D eigenvalue weighted by Crippen LogP contribution is -2.46. The predicted molar refractivity (Wildman–Crippen MR) is 75.8 cm³/mol. The molecule has 19 heavy (non-hydrogen) atoms. The zero-order valence-electron chi connectivity index (χ0n) is 10.9. The molecular weight excluding hydrogens is 266 g/mol. The number of primary amides is 1. The Kier molecular flexibility index (Phi) is 4.63. The molecule has 3 N–H and O–H groups in total. The number of anilines is 1. The average molecular weight is 284 g/mol. The van der Waals surface area contributed by atoms with E-state index >= 15 is 0 Å². The van der Waals surface area contributed by atoms with Gasteiger partial charge in [-0.25, -0.2) is 0 Å². The smallest absolute Gasteiger partial charge is 0.250 e. The fraction of sp³-hybridized carbons (Fsp3) is 0.462. The molecule has 0 saturated carbocycles. The van der Waals surface area contributed by atoms with Crippen molar-refractivity contribution >= 4 is 23.2 Å². The van der Waals surface area contributed by atoms with Crippen molar-refractivity contribution in [2.75, 3.05) is 38.2 Å². The van der Waals surface area contributed by atoms with Crippen LogP contribution in [0.25, 0.3) is 0 Å². The Bertz CT molecular complexity index is 465. The third kappa shape index (κ3) is 3.37. The molecule has 1 aliphatic heterocycles. The Hall–Kier alpha value is -1.30. The molecule has 1 aromatic rings. The second-order valence-electron chi connectivity index (χ2n) is 4.52. The third-order valence-electron chi connectivity index (χ3n) is 3.14. The molecule has 1 fully saturated rings. The number of ether oxygens (including phenoxy) is 1. The van der Waals surface area contributed by atoms with Crippen LogP contribution in [-0.4, -0.2) is 45.3 Å². The number of nitrogens with one attached hydrogen (secondary N) is 1. The summed E-state index contributed by atoms with van der Waals surface area (Å²) in [6.45, 7) is 2.82. The Morgan fingerprint density at radius 2 is 2.42 bits per heavy atom. The van der Waals surface area contributed by atoms with Crippen LogP contribution >= 0.6 is 11.6 Å². The summed E-state index contributed by atoms with van der Waals surface area (Å²) in [6, 6.07) is 5.13. The zero-order valence-corrected chi connectivity index (χ0v) is 11.6. The molecule has 0 radical (unpaired) electrons. The highest BCUT2D eigenvalue weighted by atomic mass is 35.5. The molecule has 1 aromatic carbocycles. The summed E-state index contributed by atoms with van der Waals surface area (Å²) in [4.78, 5) is 13.6. The van der Waals surface area contributed by atoms with E-state index in [1.54, 1.807) is 18.2 Å². The van der Waals surface area contributed by atoms with Gasteiger partial charge in [0.15, 0.2) is 0 Å². The van der Waals surface area contributed by atoms with Crippen LogP contribution in [0.5, 0.6) is 0 Å². The fourth-order valence-corrected chi connectivity index (χ4v) is 2.43. The van der Waals surface area contributed by atoms with Crippen molar-refractivity contribution in [2.24, 2.45) is 5.73 Å².